The number of aryl methyl sites for hydroxylation is 1. The number of anilines is 1. The van der Waals surface area contributed by atoms with Crippen LogP contribution in [-0.2, 0) is 4.79 Å². The third kappa shape index (κ3) is 5.01. The summed E-state index contributed by atoms with van der Waals surface area (Å²) in [4.78, 5) is 19.7. The summed E-state index contributed by atoms with van der Waals surface area (Å²) in [6, 6.07) is 4.59. The minimum Gasteiger partial charge on any atom is -0.348 e. The van der Waals surface area contributed by atoms with Gasteiger partial charge in [0.25, 0.3) is 5.91 Å². The molecule has 3 rings (SSSR count). The smallest absolute Gasteiger partial charge is 0.256 e. The van der Waals surface area contributed by atoms with Gasteiger partial charge >= 0.3 is 0 Å². The van der Waals surface area contributed by atoms with E-state index in [0.717, 1.165) is 34.6 Å². The minimum absolute atomic E-state index is 0.0637. The van der Waals surface area contributed by atoms with E-state index in [1.165, 1.54) is 5.69 Å². The molecule has 0 spiro atoms. The number of aromatic nitrogens is 2. The lowest BCUT2D eigenvalue weighted by Crippen LogP contribution is -2.83. The zero-order chi connectivity index (χ0) is 20.6. The van der Waals surface area contributed by atoms with Gasteiger partial charge in [-0.2, -0.15) is 0 Å². The quantitative estimate of drug-likeness (QED) is 0.560. The van der Waals surface area contributed by atoms with Crippen molar-refractivity contribution in [2.75, 3.05) is 19.7 Å². The molecule has 0 radical (unpaired) electrons. The Labute approximate surface area is 159 Å². The van der Waals surface area contributed by atoms with Crippen molar-refractivity contribution in [1.29, 1.82) is 0 Å². The standard InChI is InChI=1S/C18H22N4O.2CH3F/c1-5-10(2)21-14-6-7-15-17(11(14)3)13(18(23)22-15)8-16-12(4)19-9-20-16;2*1-2/h6-10,21H,5H2,1-4H3,(H,19,20)(H,22,23);2*1H3/p+1/b13-8-;;. The molecule has 148 valence electrons. The number of carbonyl (C=O) groups is 1. The Hall–Kier alpha value is -2.54. The van der Waals surface area contributed by atoms with Crippen molar-refractivity contribution >= 4 is 28.9 Å². The predicted molar refractivity (Wildman–Crippen MR) is 106 cm³/mol. The van der Waals surface area contributed by atoms with E-state index in [1.807, 2.05) is 19.1 Å². The first-order valence-electron chi connectivity index (χ1n) is 8.78. The highest BCUT2D eigenvalue weighted by atomic mass is 19.1. The van der Waals surface area contributed by atoms with E-state index in [9.17, 15) is 13.6 Å². The zero-order valence-corrected chi connectivity index (χ0v) is 16.8. The maximum atomic E-state index is 12.4. The van der Waals surface area contributed by atoms with E-state index < -0.39 is 0 Å². The van der Waals surface area contributed by atoms with Gasteiger partial charge in [0, 0.05) is 28.6 Å². The van der Waals surface area contributed by atoms with Gasteiger partial charge in [0.15, 0.2) is 0 Å². The van der Waals surface area contributed by atoms with Crippen LogP contribution in [0.5, 0.6) is 0 Å². The van der Waals surface area contributed by atoms with Crippen LogP contribution < -0.4 is 10.6 Å². The molecule has 4 N–H and O–H groups in total. The molecule has 0 fully saturated rings. The van der Waals surface area contributed by atoms with Crippen LogP contribution in [0.1, 0.15) is 42.8 Å². The molecule has 0 aliphatic carbocycles. The van der Waals surface area contributed by atoms with Gasteiger partial charge in [0.1, 0.15) is 5.69 Å². The molecule has 5 nitrogen and oxygen atoms in total. The van der Waals surface area contributed by atoms with Crippen LogP contribution >= 0.6 is 0 Å². The number of benzene rings is 1. The summed E-state index contributed by atoms with van der Waals surface area (Å²) in [5.74, 6) is -0.0637. The molecular weight excluding hydrogens is 350 g/mol. The number of nitrogens with two attached hydrogens (primary N) is 1. The van der Waals surface area contributed by atoms with Gasteiger partial charge in [0.2, 0.25) is 0 Å². The highest BCUT2D eigenvalue weighted by molar-refractivity contribution is 6.35. The Morgan fingerprint density at radius 1 is 1.22 bits per heavy atom. The summed E-state index contributed by atoms with van der Waals surface area (Å²) in [6.07, 6.45) is 4.62. The van der Waals surface area contributed by atoms with Crippen LogP contribution in [0.25, 0.3) is 11.6 Å². The SMILES string of the molecule is CCC(C)[NH2+]c1ccc2c(c1C)/C(=C/c1nc[nH]c1C)C(=O)N2.CF.CF. The van der Waals surface area contributed by atoms with E-state index in [0.29, 0.717) is 26.0 Å². The van der Waals surface area contributed by atoms with Crippen LogP contribution in [-0.4, -0.2) is 36.3 Å². The number of nitrogens with one attached hydrogen (secondary N) is 2. The third-order valence-corrected chi connectivity index (χ3v) is 4.53. The average Bonchev–Trinajstić information content (AvgIpc) is 3.24. The predicted octanol–water partition coefficient (Wildman–Crippen LogP) is 3.68. The second-order valence-corrected chi connectivity index (χ2v) is 6.18. The number of rotatable bonds is 4. The first-order valence-corrected chi connectivity index (χ1v) is 8.78. The maximum absolute atomic E-state index is 12.4. The molecule has 1 unspecified atom stereocenters. The molecule has 1 aromatic heterocycles. The molecule has 7 heteroatoms. The number of carbonyl (C=O) groups excluding carboxylic acids is 1. The lowest BCUT2D eigenvalue weighted by atomic mass is 9.98. The molecule has 1 amide bonds. The molecular formula is C20H29F2N4O+. The molecule has 2 heterocycles. The van der Waals surface area contributed by atoms with Crippen molar-refractivity contribution in [3.63, 3.8) is 0 Å². The van der Waals surface area contributed by atoms with Crippen LogP contribution in [0.4, 0.5) is 20.2 Å². The first-order chi connectivity index (χ1) is 13.0. The lowest BCUT2D eigenvalue weighted by Gasteiger charge is -2.12. The van der Waals surface area contributed by atoms with Crippen molar-refractivity contribution in [1.82, 2.24) is 9.97 Å². The topological polar surface area (TPSA) is 74.4 Å². The molecule has 1 atom stereocenters. The monoisotopic (exact) mass is 379 g/mol. The highest BCUT2D eigenvalue weighted by Gasteiger charge is 2.28. The van der Waals surface area contributed by atoms with Crippen LogP contribution in [0, 0.1) is 13.8 Å². The van der Waals surface area contributed by atoms with Gasteiger partial charge in [-0.3, -0.25) is 13.6 Å². The molecule has 1 aliphatic rings. The molecule has 0 saturated heterocycles. The van der Waals surface area contributed by atoms with E-state index in [-0.39, 0.29) is 5.91 Å². The van der Waals surface area contributed by atoms with Crippen molar-refractivity contribution < 1.29 is 18.9 Å². The van der Waals surface area contributed by atoms with Gasteiger partial charge in [-0.1, -0.05) is 6.92 Å². The Balaban J connectivity index is 0.000000855. The molecule has 27 heavy (non-hydrogen) atoms. The summed E-state index contributed by atoms with van der Waals surface area (Å²) in [5, 5.41) is 5.23. The fraction of sp³-hybridized carbons (Fsp3) is 0.400. The minimum atomic E-state index is -0.0637. The van der Waals surface area contributed by atoms with Crippen molar-refractivity contribution in [2.45, 2.75) is 40.2 Å². The normalized spacial score (nSPS) is 14.5. The molecule has 2 aromatic rings. The van der Waals surface area contributed by atoms with Crippen molar-refractivity contribution in [3.05, 3.63) is 41.0 Å². The Morgan fingerprint density at radius 3 is 2.44 bits per heavy atom. The largest absolute Gasteiger partial charge is 0.348 e. The Morgan fingerprint density at radius 2 is 1.89 bits per heavy atom. The van der Waals surface area contributed by atoms with Crippen molar-refractivity contribution in [2.24, 2.45) is 0 Å². The molecule has 0 bridgehead atoms. The lowest BCUT2D eigenvalue weighted by molar-refractivity contribution is -0.607. The Bertz CT molecular complexity index is 799. The fourth-order valence-corrected chi connectivity index (χ4v) is 2.88. The number of nitrogens with zero attached hydrogens (tertiary/aromatic N) is 1. The molecule has 0 saturated carbocycles. The van der Waals surface area contributed by atoms with Gasteiger partial charge in [-0.25, -0.2) is 4.98 Å². The number of hydrogen-bond donors (Lipinski definition) is 3. The summed E-state index contributed by atoms with van der Waals surface area (Å²) >= 11 is 0. The molecule has 1 aromatic carbocycles. The number of fused-ring (bicyclic) bond motifs is 1. The number of hydrogen-bond acceptors (Lipinski definition) is 2. The van der Waals surface area contributed by atoms with Gasteiger partial charge in [-0.15, -0.1) is 0 Å². The number of aromatic amines is 1. The van der Waals surface area contributed by atoms with Gasteiger partial charge < -0.3 is 15.6 Å². The summed E-state index contributed by atoms with van der Waals surface area (Å²) in [5.41, 5.74) is 6.66. The second kappa shape index (κ2) is 10.6. The van der Waals surface area contributed by atoms with Gasteiger partial charge in [0.05, 0.1) is 38.0 Å². The number of imidazole rings is 1. The summed E-state index contributed by atoms with van der Waals surface area (Å²) < 4.78 is 19.0. The summed E-state index contributed by atoms with van der Waals surface area (Å²) in [6.45, 7) is 8.42. The number of amides is 1. The van der Waals surface area contributed by atoms with E-state index >= 15 is 0 Å². The van der Waals surface area contributed by atoms with E-state index in [2.05, 4.69) is 47.4 Å². The maximum Gasteiger partial charge on any atom is 0.256 e. The Kier molecular flexibility index (Phi) is 8.81. The zero-order valence-electron chi connectivity index (χ0n) is 16.8. The van der Waals surface area contributed by atoms with Crippen molar-refractivity contribution in [3.8, 4) is 0 Å². The van der Waals surface area contributed by atoms with Crippen LogP contribution in [0.2, 0.25) is 0 Å². The first kappa shape index (κ1) is 22.5. The third-order valence-electron chi connectivity index (χ3n) is 4.53. The second-order valence-electron chi connectivity index (χ2n) is 6.18. The van der Waals surface area contributed by atoms with Gasteiger partial charge in [-0.05, 0) is 39.3 Å². The number of halogens is 2. The number of quaternary nitrogens is 1. The van der Waals surface area contributed by atoms with E-state index in [4.69, 9.17) is 0 Å². The van der Waals surface area contributed by atoms with E-state index in [1.54, 1.807) is 6.33 Å². The fourth-order valence-electron chi connectivity index (χ4n) is 2.88. The van der Waals surface area contributed by atoms with Crippen LogP contribution in [0.15, 0.2) is 18.5 Å². The van der Waals surface area contributed by atoms with Crippen LogP contribution in [0.3, 0.4) is 0 Å². The highest BCUT2D eigenvalue weighted by Crippen LogP contribution is 2.37. The molecule has 1 aliphatic heterocycles. The summed E-state index contributed by atoms with van der Waals surface area (Å²) in [7, 11) is 1.00. The average molecular weight is 379 g/mol. The number of H-pyrrole nitrogens is 1. The number of alkyl halides is 2.